The number of benzene rings is 2. The summed E-state index contributed by atoms with van der Waals surface area (Å²) in [6.45, 7) is 10.8. The lowest BCUT2D eigenvalue weighted by Gasteiger charge is -2.27. The van der Waals surface area contributed by atoms with Crippen molar-refractivity contribution in [2.45, 2.75) is 110 Å². The number of nitrogens with zero attached hydrogens (tertiary/aromatic N) is 3. The van der Waals surface area contributed by atoms with Crippen LogP contribution in [-0.4, -0.2) is 93.1 Å². The van der Waals surface area contributed by atoms with Crippen molar-refractivity contribution in [3.8, 4) is 5.75 Å². The number of fused-ring (bicyclic) bond motifs is 1. The number of anilines is 1. The van der Waals surface area contributed by atoms with Crippen LogP contribution in [0.5, 0.6) is 5.75 Å². The van der Waals surface area contributed by atoms with E-state index in [4.69, 9.17) is 33.7 Å². The van der Waals surface area contributed by atoms with Gasteiger partial charge in [-0.05, 0) is 67.5 Å². The van der Waals surface area contributed by atoms with Crippen LogP contribution in [0.1, 0.15) is 77.6 Å². The van der Waals surface area contributed by atoms with Gasteiger partial charge in [0.2, 0.25) is 0 Å². The number of alkyl carbamates (subject to hydrolysis) is 1. The summed E-state index contributed by atoms with van der Waals surface area (Å²) in [5.41, 5.74) is 6.67. The maximum Gasteiger partial charge on any atom is 0.459 e. The Balaban J connectivity index is 1.31. The van der Waals surface area contributed by atoms with Gasteiger partial charge in [0.15, 0.2) is 5.82 Å². The molecule has 2 aromatic carbocycles. The van der Waals surface area contributed by atoms with Crippen molar-refractivity contribution in [3.63, 3.8) is 0 Å². The van der Waals surface area contributed by atoms with Crippen LogP contribution in [-0.2, 0) is 56.3 Å². The third-order valence-corrected chi connectivity index (χ3v) is 12.3. The number of hydrogen-bond acceptors (Lipinski definition) is 15. The Morgan fingerprint density at radius 2 is 1.66 bits per heavy atom. The van der Waals surface area contributed by atoms with Gasteiger partial charge in [-0.3, -0.25) is 9.32 Å². The van der Waals surface area contributed by atoms with Crippen molar-refractivity contribution in [2.24, 2.45) is 11.8 Å². The second kappa shape index (κ2) is 21.8. The van der Waals surface area contributed by atoms with Crippen LogP contribution in [0.2, 0.25) is 0 Å². The van der Waals surface area contributed by atoms with Crippen molar-refractivity contribution in [1.82, 2.24) is 25.0 Å². The quantitative estimate of drug-likeness (QED) is 0.0385. The van der Waals surface area contributed by atoms with Gasteiger partial charge in [-0.15, -0.1) is 0 Å². The van der Waals surface area contributed by atoms with Crippen LogP contribution in [0.4, 0.5) is 10.6 Å². The summed E-state index contributed by atoms with van der Waals surface area (Å²) in [4.78, 5) is 43.1. The Kier molecular flexibility index (Phi) is 16.9. The third kappa shape index (κ3) is 12.5. The van der Waals surface area contributed by atoms with Gasteiger partial charge in [0, 0.05) is 6.42 Å². The highest BCUT2D eigenvalue weighted by molar-refractivity contribution is 7.52. The van der Waals surface area contributed by atoms with E-state index in [1.54, 1.807) is 43.3 Å². The number of rotatable bonds is 22. The van der Waals surface area contributed by atoms with Crippen LogP contribution in [0, 0.1) is 11.8 Å². The molecule has 1 aliphatic heterocycles. The smallest absolute Gasteiger partial charge is 0.459 e. The SMILES string of the molecule is CCC(CC)COC(=O)[C@H](C)NP(=O)(OC[C@H]1O[C@@](C)(c2ccc3c(N)ncnn23)[C@H](O)[C@@H]1O)Oc1ccc(C[C@H](NC(=O)OCc2ccccc2)C(=O)OCCC(C)C)cc1. The molecule has 1 aliphatic rings. The van der Waals surface area contributed by atoms with E-state index in [2.05, 4.69) is 20.5 Å². The predicted octanol–water partition coefficient (Wildman–Crippen LogP) is 5.24. The molecule has 0 bridgehead atoms. The van der Waals surface area contributed by atoms with E-state index >= 15 is 0 Å². The average Bonchev–Trinajstić information content (AvgIpc) is 3.79. The van der Waals surface area contributed by atoms with Gasteiger partial charge in [-0.25, -0.2) is 23.7 Å². The Morgan fingerprint density at radius 3 is 2.34 bits per heavy atom. The number of carbonyl (C=O) groups is 3. The van der Waals surface area contributed by atoms with E-state index in [0.717, 1.165) is 18.4 Å². The summed E-state index contributed by atoms with van der Waals surface area (Å²) in [7, 11) is -4.50. The molecule has 7 atom stereocenters. The number of ether oxygens (including phenoxy) is 4. The molecule has 2 aromatic heterocycles. The molecular formula is C43H59N6O12P. The standard InChI is InChI=1S/C43H59N6O12P/c1-7-29(8-2)23-57-40(52)28(5)48-62(55,59-25-35-37(50)38(51)43(6,60-35)36-19-18-34-39(44)45-26-46-49(34)36)61-32-16-14-30(15-17-32)22-33(41(53)56-21-20-27(3)4)47-42(54)58-24-31-12-10-9-11-13-31/h9-19,26-29,33,35,37-38,50-51H,7-8,20-25H2,1-6H3,(H,47,54)(H,48,55)(H2,44,45,46)/t28-,33-,35+,37+,38+,43-,62?/m0/s1. The Hall–Kier alpha value is -5.10. The fourth-order valence-corrected chi connectivity index (χ4v) is 8.22. The summed E-state index contributed by atoms with van der Waals surface area (Å²) in [5, 5.41) is 31.9. The maximum atomic E-state index is 14.6. The number of aliphatic hydroxyl groups excluding tert-OH is 2. The number of hydrogen-bond donors (Lipinski definition) is 5. The zero-order valence-electron chi connectivity index (χ0n) is 36.0. The first-order valence-electron chi connectivity index (χ1n) is 20.8. The molecule has 6 N–H and O–H groups in total. The summed E-state index contributed by atoms with van der Waals surface area (Å²) >= 11 is 0. The van der Waals surface area contributed by atoms with Crippen LogP contribution in [0.15, 0.2) is 73.1 Å². The third-order valence-electron chi connectivity index (χ3n) is 10.7. The Bertz CT molecular complexity index is 2140. The number of aliphatic hydroxyl groups is 2. The highest BCUT2D eigenvalue weighted by Gasteiger charge is 2.54. The second-order valence-corrected chi connectivity index (χ2v) is 17.6. The van der Waals surface area contributed by atoms with E-state index in [-0.39, 0.29) is 43.7 Å². The van der Waals surface area contributed by atoms with E-state index < -0.39 is 68.4 Å². The minimum Gasteiger partial charge on any atom is -0.464 e. The zero-order chi connectivity index (χ0) is 45.0. The van der Waals surface area contributed by atoms with Gasteiger partial charge in [-0.2, -0.15) is 10.2 Å². The molecule has 0 aliphatic carbocycles. The molecular weight excluding hydrogens is 823 g/mol. The monoisotopic (exact) mass is 882 g/mol. The topological polar surface area (TPSA) is 244 Å². The van der Waals surface area contributed by atoms with Gasteiger partial charge < -0.3 is 44.7 Å². The van der Waals surface area contributed by atoms with Crippen molar-refractivity contribution in [3.05, 3.63) is 89.9 Å². The molecule has 3 heterocycles. The average molecular weight is 883 g/mol. The van der Waals surface area contributed by atoms with Gasteiger partial charge >= 0.3 is 25.8 Å². The minimum atomic E-state index is -4.50. The molecule has 5 rings (SSSR count). The molecule has 19 heteroatoms. The van der Waals surface area contributed by atoms with Crippen molar-refractivity contribution in [1.29, 1.82) is 0 Å². The number of nitrogens with one attached hydrogen (secondary N) is 2. The van der Waals surface area contributed by atoms with Crippen molar-refractivity contribution < 1.29 is 57.2 Å². The molecule has 1 amide bonds. The van der Waals surface area contributed by atoms with Crippen molar-refractivity contribution in [2.75, 3.05) is 25.6 Å². The number of carbonyl (C=O) groups excluding carboxylic acids is 3. The number of nitrogen functional groups attached to an aromatic ring is 1. The molecule has 338 valence electrons. The van der Waals surface area contributed by atoms with E-state index in [0.29, 0.717) is 29.1 Å². The van der Waals surface area contributed by atoms with Gasteiger partial charge in [-0.1, -0.05) is 83.0 Å². The lowest BCUT2D eigenvalue weighted by molar-refractivity contribution is -0.147. The molecule has 1 fully saturated rings. The highest BCUT2D eigenvalue weighted by Crippen LogP contribution is 2.47. The maximum absolute atomic E-state index is 14.6. The van der Waals surface area contributed by atoms with E-state index in [1.807, 2.05) is 45.9 Å². The molecule has 62 heavy (non-hydrogen) atoms. The normalized spacial score (nSPS) is 20.7. The van der Waals surface area contributed by atoms with Gasteiger partial charge in [0.05, 0.1) is 25.5 Å². The lowest BCUT2D eigenvalue weighted by Crippen LogP contribution is -2.43. The van der Waals surface area contributed by atoms with Crippen LogP contribution in [0.3, 0.4) is 0 Å². The summed E-state index contributed by atoms with van der Waals surface area (Å²) in [6, 6.07) is 16.3. The molecule has 18 nitrogen and oxygen atoms in total. The van der Waals surface area contributed by atoms with Gasteiger partial charge in [0.1, 0.15) is 60.2 Å². The summed E-state index contributed by atoms with van der Waals surface area (Å²) in [6.07, 6.45) is -1.55. The van der Waals surface area contributed by atoms with E-state index in [1.165, 1.54) is 29.9 Å². The Labute approximate surface area is 361 Å². The first-order chi connectivity index (χ1) is 29.5. The number of amides is 1. The highest BCUT2D eigenvalue weighted by atomic mass is 31.2. The largest absolute Gasteiger partial charge is 0.464 e. The van der Waals surface area contributed by atoms with Gasteiger partial charge in [0.25, 0.3) is 0 Å². The molecule has 0 radical (unpaired) electrons. The van der Waals surface area contributed by atoms with Crippen LogP contribution >= 0.6 is 7.75 Å². The number of esters is 2. The van der Waals surface area contributed by atoms with E-state index in [9.17, 15) is 29.2 Å². The molecule has 0 saturated carbocycles. The first kappa shape index (κ1) is 47.9. The Morgan fingerprint density at radius 1 is 0.952 bits per heavy atom. The van der Waals surface area contributed by atoms with Crippen LogP contribution in [0.25, 0.3) is 5.52 Å². The van der Waals surface area contributed by atoms with Crippen molar-refractivity contribution >= 4 is 37.1 Å². The molecule has 4 aromatic rings. The first-order valence-corrected chi connectivity index (χ1v) is 22.3. The summed E-state index contributed by atoms with van der Waals surface area (Å²) in [5.74, 6) is -0.662. The number of nitrogens with two attached hydrogens (primary N) is 1. The molecule has 1 unspecified atom stereocenters. The molecule has 0 spiro atoms. The fourth-order valence-electron chi connectivity index (χ4n) is 6.71. The molecule has 1 saturated heterocycles. The fraction of sp³-hybridized carbons (Fsp3) is 0.512. The van der Waals surface area contributed by atoms with Crippen LogP contribution < -0.4 is 20.7 Å². The second-order valence-electron chi connectivity index (χ2n) is 15.9. The minimum absolute atomic E-state index is 0.000564. The predicted molar refractivity (Wildman–Crippen MR) is 228 cm³/mol. The number of aromatic nitrogens is 3. The lowest BCUT2D eigenvalue weighted by atomic mass is 9.93. The summed E-state index contributed by atoms with van der Waals surface area (Å²) < 4.78 is 50.4. The zero-order valence-corrected chi connectivity index (χ0v) is 36.9.